The molecule has 1 aliphatic heterocycles. The molecule has 0 radical (unpaired) electrons. The van der Waals surface area contributed by atoms with Crippen molar-refractivity contribution >= 4 is 27.5 Å². The van der Waals surface area contributed by atoms with E-state index in [0.29, 0.717) is 19.0 Å². The topological polar surface area (TPSA) is 108 Å². The Hall–Kier alpha value is -3.07. The van der Waals surface area contributed by atoms with Gasteiger partial charge < -0.3 is 14.7 Å². The summed E-state index contributed by atoms with van der Waals surface area (Å²) in [6.07, 6.45) is 20.5. The second-order valence-electron chi connectivity index (χ2n) is 13.0. The van der Waals surface area contributed by atoms with E-state index in [-0.39, 0.29) is 16.2 Å². The average Bonchev–Trinajstić information content (AvgIpc) is 3.26. The molecular weight excluding hydrogens is 598 g/mol. The number of hydrogen-bond acceptors (Lipinski definition) is 5. The van der Waals surface area contributed by atoms with Gasteiger partial charge in [-0.25, -0.2) is 4.79 Å². The maximum absolute atomic E-state index is 13.2. The van der Waals surface area contributed by atoms with E-state index >= 15 is 0 Å². The van der Waals surface area contributed by atoms with Crippen molar-refractivity contribution in [2.75, 3.05) is 18.1 Å². The normalized spacial score (nSPS) is 14.9. The number of sulfonamides is 1. The van der Waals surface area contributed by atoms with E-state index in [1.807, 2.05) is 49.9 Å². The molecule has 0 saturated heterocycles. The molecular formula is C37H57N3O5S. The number of amidine groups is 1. The molecule has 46 heavy (non-hydrogen) atoms. The van der Waals surface area contributed by atoms with Gasteiger partial charge in [0.05, 0.1) is 16.9 Å². The van der Waals surface area contributed by atoms with Gasteiger partial charge in [0, 0.05) is 12.2 Å². The van der Waals surface area contributed by atoms with E-state index in [1.165, 1.54) is 95.6 Å². The number of para-hydroxylation sites is 1. The molecule has 0 aromatic heterocycles. The second-order valence-corrected chi connectivity index (χ2v) is 14.7. The molecule has 0 aliphatic carbocycles. The zero-order valence-electron chi connectivity index (χ0n) is 28.7. The Bertz CT molecular complexity index is 1370. The van der Waals surface area contributed by atoms with Gasteiger partial charge in [-0.15, -0.1) is 0 Å². The number of ether oxygens (including phenoxy) is 1. The number of aromatic carboxylic acids is 1. The summed E-state index contributed by atoms with van der Waals surface area (Å²) in [5, 5.41) is 14.1. The van der Waals surface area contributed by atoms with Crippen LogP contribution >= 0.6 is 0 Å². The Kier molecular flexibility index (Phi) is 15.4. The molecule has 0 amide bonds. The van der Waals surface area contributed by atoms with Crippen molar-refractivity contribution in [2.45, 2.75) is 141 Å². The van der Waals surface area contributed by atoms with Gasteiger partial charge in [-0.1, -0.05) is 121 Å². The maximum Gasteiger partial charge on any atom is 0.339 e. The summed E-state index contributed by atoms with van der Waals surface area (Å²) in [6, 6.07) is 11.8. The molecule has 9 heteroatoms. The van der Waals surface area contributed by atoms with E-state index < -0.39 is 21.4 Å². The minimum Gasteiger partial charge on any atom is -0.493 e. The number of nitrogens with zero attached hydrogens (tertiary/aromatic N) is 2. The standard InChI is InChI=1S/C37H57N3O5S/c1-5-7-8-9-10-11-12-13-14-15-16-17-18-19-20-23-28-45-34-27-26-30(29-31(34)35(41)42)46(43,44)39-38-36-37(3,4)32-24-21-22-25-33(32)40(36)6-2/h21-22,24-27,29,39H,5-20,23,28H2,1-4H3,(H,41,42). The van der Waals surface area contributed by atoms with Gasteiger partial charge in [-0.05, 0) is 57.0 Å². The Balaban J connectivity index is 1.40. The summed E-state index contributed by atoms with van der Waals surface area (Å²) in [5.74, 6) is -0.491. The predicted molar refractivity (Wildman–Crippen MR) is 189 cm³/mol. The first-order valence-electron chi connectivity index (χ1n) is 17.6. The quantitative estimate of drug-likeness (QED) is 0.0912. The zero-order chi connectivity index (χ0) is 33.4. The van der Waals surface area contributed by atoms with Gasteiger partial charge in [0.15, 0.2) is 0 Å². The minimum absolute atomic E-state index is 0.170. The third-order valence-electron chi connectivity index (χ3n) is 9.02. The number of benzene rings is 2. The highest BCUT2D eigenvalue weighted by Gasteiger charge is 2.41. The molecule has 0 unspecified atom stereocenters. The number of carboxylic acid groups (broad SMARTS) is 1. The summed E-state index contributed by atoms with van der Waals surface area (Å²) >= 11 is 0. The van der Waals surface area contributed by atoms with Gasteiger partial charge in [0.1, 0.15) is 17.1 Å². The number of anilines is 1. The van der Waals surface area contributed by atoms with Crippen LogP contribution in [0.25, 0.3) is 0 Å². The first-order chi connectivity index (χ1) is 22.1. The minimum atomic E-state index is -4.13. The van der Waals surface area contributed by atoms with Crippen molar-refractivity contribution in [2.24, 2.45) is 5.10 Å². The molecule has 1 heterocycles. The molecule has 3 rings (SSSR count). The van der Waals surface area contributed by atoms with Crippen LogP contribution < -0.4 is 14.5 Å². The number of unbranched alkanes of at least 4 members (excludes halogenated alkanes) is 15. The summed E-state index contributed by atoms with van der Waals surface area (Å²) in [7, 11) is -4.13. The summed E-state index contributed by atoms with van der Waals surface area (Å²) < 4.78 is 32.2. The van der Waals surface area contributed by atoms with Crippen molar-refractivity contribution < 1.29 is 23.1 Å². The van der Waals surface area contributed by atoms with Crippen molar-refractivity contribution in [1.29, 1.82) is 0 Å². The number of hydrazone groups is 1. The molecule has 0 spiro atoms. The summed E-state index contributed by atoms with van der Waals surface area (Å²) in [5.41, 5.74) is 1.36. The highest BCUT2D eigenvalue weighted by Crippen LogP contribution is 2.41. The molecule has 0 bridgehead atoms. The lowest BCUT2D eigenvalue weighted by Gasteiger charge is -2.24. The van der Waals surface area contributed by atoms with Crippen molar-refractivity contribution in [1.82, 2.24) is 4.83 Å². The van der Waals surface area contributed by atoms with E-state index in [4.69, 9.17) is 4.74 Å². The highest BCUT2D eigenvalue weighted by atomic mass is 32.2. The van der Waals surface area contributed by atoms with E-state index in [2.05, 4.69) is 16.9 Å². The molecule has 256 valence electrons. The van der Waals surface area contributed by atoms with Crippen LogP contribution in [0.5, 0.6) is 5.75 Å². The maximum atomic E-state index is 13.2. The van der Waals surface area contributed by atoms with Crippen LogP contribution in [0.4, 0.5) is 5.69 Å². The Morgan fingerprint density at radius 1 is 0.826 bits per heavy atom. The van der Waals surface area contributed by atoms with E-state index in [1.54, 1.807) is 0 Å². The highest BCUT2D eigenvalue weighted by molar-refractivity contribution is 7.89. The monoisotopic (exact) mass is 655 g/mol. The van der Waals surface area contributed by atoms with E-state index in [0.717, 1.165) is 36.6 Å². The van der Waals surface area contributed by atoms with Crippen LogP contribution in [0.1, 0.15) is 146 Å². The lowest BCUT2D eigenvalue weighted by molar-refractivity contribution is 0.0691. The Morgan fingerprint density at radius 3 is 1.91 bits per heavy atom. The fourth-order valence-corrected chi connectivity index (χ4v) is 7.12. The van der Waals surface area contributed by atoms with Gasteiger partial charge in [0.25, 0.3) is 10.0 Å². The molecule has 2 aromatic rings. The largest absolute Gasteiger partial charge is 0.493 e. The fourth-order valence-electron chi connectivity index (χ4n) is 6.29. The lowest BCUT2D eigenvalue weighted by Crippen LogP contribution is -2.38. The third kappa shape index (κ3) is 10.7. The van der Waals surface area contributed by atoms with Crippen LogP contribution in [-0.2, 0) is 15.4 Å². The number of hydrogen-bond donors (Lipinski definition) is 2. The van der Waals surface area contributed by atoms with Crippen molar-refractivity contribution in [3.8, 4) is 5.75 Å². The SMILES string of the molecule is CCCCCCCCCCCCCCCCCCOc1ccc(S(=O)(=O)NN=C2N(CC)c3ccccc3C2(C)C)cc1C(=O)O. The first-order valence-corrected chi connectivity index (χ1v) is 19.1. The number of fused-ring (bicyclic) bond motifs is 1. The van der Waals surface area contributed by atoms with Gasteiger partial charge in [-0.3, -0.25) is 0 Å². The van der Waals surface area contributed by atoms with Crippen LogP contribution in [0.3, 0.4) is 0 Å². The van der Waals surface area contributed by atoms with Crippen molar-refractivity contribution in [3.63, 3.8) is 0 Å². The zero-order valence-corrected chi connectivity index (χ0v) is 29.5. The van der Waals surface area contributed by atoms with Gasteiger partial charge in [-0.2, -0.15) is 18.4 Å². The molecule has 2 aromatic carbocycles. The molecule has 2 N–H and O–H groups in total. The average molecular weight is 656 g/mol. The number of nitrogens with one attached hydrogen (secondary N) is 1. The van der Waals surface area contributed by atoms with Crippen LogP contribution in [0, 0.1) is 0 Å². The third-order valence-corrected chi connectivity index (χ3v) is 10.2. The Morgan fingerprint density at radius 2 is 1.37 bits per heavy atom. The van der Waals surface area contributed by atoms with Crippen molar-refractivity contribution in [3.05, 3.63) is 53.6 Å². The summed E-state index contributed by atoms with van der Waals surface area (Å²) in [4.78, 5) is 16.2. The first kappa shape index (κ1) is 37.4. The van der Waals surface area contributed by atoms with Gasteiger partial charge >= 0.3 is 5.97 Å². The van der Waals surface area contributed by atoms with E-state index in [9.17, 15) is 18.3 Å². The number of likely N-dealkylation sites (N-methyl/N-ethyl adjacent to an activating group) is 1. The molecule has 8 nitrogen and oxygen atoms in total. The Labute approximate surface area is 278 Å². The predicted octanol–water partition coefficient (Wildman–Crippen LogP) is 9.43. The lowest BCUT2D eigenvalue weighted by atomic mass is 9.86. The molecule has 0 atom stereocenters. The molecule has 0 saturated carbocycles. The molecule has 0 fully saturated rings. The number of carbonyl (C=O) groups is 1. The van der Waals surface area contributed by atoms with Gasteiger partial charge in [0.2, 0.25) is 0 Å². The smallest absolute Gasteiger partial charge is 0.339 e. The van der Waals surface area contributed by atoms with Crippen LogP contribution in [0.2, 0.25) is 0 Å². The second kappa shape index (κ2) is 18.9. The van der Waals surface area contributed by atoms with Crippen LogP contribution in [-0.4, -0.2) is 38.5 Å². The van der Waals surface area contributed by atoms with Crippen LogP contribution in [0.15, 0.2) is 52.5 Å². The summed E-state index contributed by atoms with van der Waals surface area (Å²) in [6.45, 7) is 9.26. The number of rotatable bonds is 23. The number of carboxylic acids is 1. The fraction of sp³-hybridized carbons (Fsp3) is 0.622. The molecule has 1 aliphatic rings.